The maximum Gasteiger partial charge on any atom is 0.255 e. The number of nitrogens with zero attached hydrogens (tertiary/aromatic N) is 1. The van der Waals surface area contributed by atoms with Gasteiger partial charge in [0.1, 0.15) is 12.1 Å². The number of aromatic nitrogens is 1. The Balaban J connectivity index is 1.54. The lowest BCUT2D eigenvalue weighted by Gasteiger charge is -2.38. The summed E-state index contributed by atoms with van der Waals surface area (Å²) in [5.41, 5.74) is 4.53. The van der Waals surface area contributed by atoms with Crippen LogP contribution in [0.1, 0.15) is 67.3 Å². The average molecular weight is 473 g/mol. The van der Waals surface area contributed by atoms with E-state index in [0.29, 0.717) is 12.0 Å². The average Bonchev–Trinajstić information content (AvgIpc) is 3.37. The van der Waals surface area contributed by atoms with Crippen molar-refractivity contribution in [2.45, 2.75) is 64.7 Å². The molecule has 182 valence electrons. The fraction of sp³-hybridized carbons (Fsp3) is 0.393. The van der Waals surface area contributed by atoms with Crippen molar-refractivity contribution in [2.75, 3.05) is 0 Å². The van der Waals surface area contributed by atoms with Gasteiger partial charge in [-0.1, -0.05) is 57.2 Å². The third kappa shape index (κ3) is 3.79. The minimum atomic E-state index is -0.718. The number of nitrogens with one attached hydrogen (secondary N) is 3. The van der Waals surface area contributed by atoms with E-state index in [4.69, 9.17) is 0 Å². The third-order valence-corrected chi connectivity index (χ3v) is 7.40. The molecule has 7 heteroatoms. The predicted octanol–water partition coefficient (Wildman–Crippen LogP) is 3.69. The summed E-state index contributed by atoms with van der Waals surface area (Å²) in [6.07, 6.45) is 1.19. The van der Waals surface area contributed by atoms with Crippen LogP contribution in [-0.2, 0) is 16.0 Å². The van der Waals surface area contributed by atoms with Crippen LogP contribution in [0.5, 0.6) is 0 Å². The first-order chi connectivity index (χ1) is 16.8. The van der Waals surface area contributed by atoms with Crippen LogP contribution in [0.4, 0.5) is 0 Å². The molecule has 0 radical (unpaired) electrons. The molecule has 0 saturated carbocycles. The summed E-state index contributed by atoms with van der Waals surface area (Å²) in [4.78, 5) is 45.5. The molecular formula is C28H32N4O3. The highest BCUT2D eigenvalue weighted by atomic mass is 16.2. The minimum absolute atomic E-state index is 0.0168. The van der Waals surface area contributed by atoms with Crippen LogP contribution >= 0.6 is 0 Å². The van der Waals surface area contributed by atoms with Gasteiger partial charge in [-0.3, -0.25) is 14.4 Å². The fourth-order valence-electron chi connectivity index (χ4n) is 5.36. The number of carbonyl (C=O) groups is 3. The smallest absolute Gasteiger partial charge is 0.255 e. The van der Waals surface area contributed by atoms with E-state index in [-0.39, 0.29) is 35.7 Å². The first-order valence-corrected chi connectivity index (χ1v) is 12.4. The Labute approximate surface area is 205 Å². The predicted molar refractivity (Wildman–Crippen MR) is 135 cm³/mol. The maximum atomic E-state index is 13.8. The molecule has 3 amide bonds. The van der Waals surface area contributed by atoms with Crippen LogP contribution in [0, 0.1) is 5.92 Å². The van der Waals surface area contributed by atoms with Crippen LogP contribution in [0.3, 0.4) is 0 Å². The molecule has 3 N–H and O–H groups in total. The first-order valence-electron chi connectivity index (χ1n) is 12.4. The highest BCUT2D eigenvalue weighted by molar-refractivity contribution is 6.04. The molecule has 2 aliphatic rings. The molecule has 2 aromatic carbocycles. The lowest BCUT2D eigenvalue weighted by Crippen LogP contribution is -2.58. The number of hydrogen-bond acceptors (Lipinski definition) is 3. The molecule has 3 aromatic rings. The molecule has 0 fully saturated rings. The van der Waals surface area contributed by atoms with E-state index in [9.17, 15) is 14.4 Å². The zero-order chi connectivity index (χ0) is 24.9. The molecule has 5 rings (SSSR count). The molecule has 0 bridgehead atoms. The van der Waals surface area contributed by atoms with Crippen molar-refractivity contribution in [3.05, 3.63) is 70.9 Å². The minimum Gasteiger partial charge on any atom is -0.356 e. The van der Waals surface area contributed by atoms with E-state index in [1.54, 1.807) is 4.90 Å². The van der Waals surface area contributed by atoms with E-state index in [1.165, 1.54) is 0 Å². The normalized spacial score (nSPS) is 20.3. The molecule has 0 saturated heterocycles. The first kappa shape index (κ1) is 23.1. The van der Waals surface area contributed by atoms with Crippen LogP contribution in [0.2, 0.25) is 0 Å². The van der Waals surface area contributed by atoms with Gasteiger partial charge < -0.3 is 20.5 Å². The third-order valence-electron chi connectivity index (χ3n) is 7.40. The summed E-state index contributed by atoms with van der Waals surface area (Å²) in [6.45, 7) is 7.78. The second-order valence-corrected chi connectivity index (χ2v) is 10.0. The molecule has 2 aliphatic heterocycles. The number of H-pyrrole nitrogens is 1. The fourth-order valence-corrected chi connectivity index (χ4v) is 5.36. The number of carbonyl (C=O) groups excluding carboxylic acids is 3. The van der Waals surface area contributed by atoms with Gasteiger partial charge in [-0.05, 0) is 42.5 Å². The molecule has 4 atom stereocenters. The molecule has 0 spiro atoms. The standard InChI is InChI=1S/C28H32N4O3/c1-5-16(4)29-27(34)23(15(2)3)31-26(33)22-14-20-17-10-8-9-13-21(17)30-24(20)25-18-11-6-7-12-19(18)28(35)32(22)25/h6-13,15-16,22-23,25,30H,5,14H2,1-4H3,(H,29,34)(H,31,33)/t16-,22+,23+,25+/m1/s1. The largest absolute Gasteiger partial charge is 0.356 e. The van der Waals surface area contributed by atoms with Crippen molar-refractivity contribution in [3.63, 3.8) is 0 Å². The van der Waals surface area contributed by atoms with E-state index in [0.717, 1.165) is 34.1 Å². The lowest BCUT2D eigenvalue weighted by atomic mass is 9.89. The number of rotatable bonds is 6. The Morgan fingerprint density at radius 1 is 1.06 bits per heavy atom. The van der Waals surface area contributed by atoms with E-state index >= 15 is 0 Å². The monoisotopic (exact) mass is 472 g/mol. The van der Waals surface area contributed by atoms with Gasteiger partial charge in [0, 0.05) is 34.6 Å². The van der Waals surface area contributed by atoms with E-state index in [1.807, 2.05) is 70.2 Å². The Kier molecular flexibility index (Phi) is 5.87. The van der Waals surface area contributed by atoms with Crippen LogP contribution in [0.15, 0.2) is 48.5 Å². The molecule has 7 nitrogen and oxygen atoms in total. The molecule has 0 unspecified atom stereocenters. The van der Waals surface area contributed by atoms with Gasteiger partial charge in [0.15, 0.2) is 0 Å². The number of amides is 3. The van der Waals surface area contributed by atoms with Crippen LogP contribution in [-0.4, -0.2) is 45.7 Å². The summed E-state index contributed by atoms with van der Waals surface area (Å²) < 4.78 is 0. The summed E-state index contributed by atoms with van der Waals surface area (Å²) in [6, 6.07) is 13.8. The molecule has 3 heterocycles. The number of benzene rings is 2. The van der Waals surface area contributed by atoms with Gasteiger partial charge >= 0.3 is 0 Å². The quantitative estimate of drug-likeness (QED) is 0.511. The number of hydrogen-bond donors (Lipinski definition) is 3. The Hall–Kier alpha value is -3.61. The van der Waals surface area contributed by atoms with Gasteiger partial charge in [0.25, 0.3) is 5.91 Å². The summed E-state index contributed by atoms with van der Waals surface area (Å²) in [5, 5.41) is 7.04. The van der Waals surface area contributed by atoms with Crippen molar-refractivity contribution in [3.8, 4) is 0 Å². The van der Waals surface area contributed by atoms with Crippen molar-refractivity contribution < 1.29 is 14.4 Å². The Morgan fingerprint density at radius 2 is 1.77 bits per heavy atom. The second-order valence-electron chi connectivity index (χ2n) is 10.0. The maximum absolute atomic E-state index is 13.8. The van der Waals surface area contributed by atoms with E-state index in [2.05, 4.69) is 21.7 Å². The molecule has 0 aliphatic carbocycles. The topological polar surface area (TPSA) is 94.3 Å². The van der Waals surface area contributed by atoms with Gasteiger partial charge in [0.05, 0.1) is 6.04 Å². The van der Waals surface area contributed by atoms with E-state index < -0.39 is 12.1 Å². The summed E-state index contributed by atoms with van der Waals surface area (Å²) in [7, 11) is 0. The van der Waals surface area contributed by atoms with Crippen LogP contribution < -0.4 is 10.6 Å². The zero-order valence-electron chi connectivity index (χ0n) is 20.6. The highest BCUT2D eigenvalue weighted by Crippen LogP contribution is 2.46. The molecular weight excluding hydrogens is 440 g/mol. The number of para-hydroxylation sites is 1. The van der Waals surface area contributed by atoms with Crippen molar-refractivity contribution >= 4 is 28.6 Å². The lowest BCUT2D eigenvalue weighted by molar-refractivity contribution is -0.133. The van der Waals surface area contributed by atoms with Gasteiger partial charge in [-0.2, -0.15) is 0 Å². The number of fused-ring (bicyclic) bond motifs is 7. The highest BCUT2D eigenvalue weighted by Gasteiger charge is 2.49. The van der Waals surface area contributed by atoms with Crippen molar-refractivity contribution in [1.82, 2.24) is 20.5 Å². The van der Waals surface area contributed by atoms with Crippen molar-refractivity contribution in [2.24, 2.45) is 5.92 Å². The Bertz CT molecular complexity index is 1310. The summed E-state index contributed by atoms with van der Waals surface area (Å²) >= 11 is 0. The molecule has 1 aromatic heterocycles. The molecule has 35 heavy (non-hydrogen) atoms. The van der Waals surface area contributed by atoms with Gasteiger partial charge in [0.2, 0.25) is 11.8 Å². The number of aromatic amines is 1. The zero-order valence-corrected chi connectivity index (χ0v) is 20.6. The Morgan fingerprint density at radius 3 is 2.51 bits per heavy atom. The van der Waals surface area contributed by atoms with Crippen LogP contribution in [0.25, 0.3) is 10.9 Å². The van der Waals surface area contributed by atoms with Gasteiger partial charge in [-0.25, -0.2) is 0 Å². The SMILES string of the molecule is CC[C@@H](C)NC(=O)[C@@H](NC(=O)[C@@H]1Cc2c([nH]c3ccccc23)[C@@H]2c3ccccc3C(=O)N21)C(C)C. The van der Waals surface area contributed by atoms with Crippen molar-refractivity contribution in [1.29, 1.82) is 0 Å². The summed E-state index contributed by atoms with van der Waals surface area (Å²) in [5.74, 6) is -0.748. The second kappa shape index (κ2) is 8.87. The van der Waals surface area contributed by atoms with Gasteiger partial charge in [-0.15, -0.1) is 0 Å².